The van der Waals surface area contributed by atoms with E-state index in [0.717, 1.165) is 15.9 Å². The van der Waals surface area contributed by atoms with Crippen LogP contribution in [0.1, 0.15) is 17.3 Å². The molecule has 0 aliphatic carbocycles. The Hall–Kier alpha value is -2.16. The number of Topliss-reactive ketones (excluding diaryl/α,β-unsaturated/α-hetero) is 1. The van der Waals surface area contributed by atoms with Crippen LogP contribution in [0.3, 0.4) is 0 Å². The first-order chi connectivity index (χ1) is 7.66. The van der Waals surface area contributed by atoms with Gasteiger partial charge in [-0.3, -0.25) is 10.0 Å². The van der Waals surface area contributed by atoms with Gasteiger partial charge in [-0.2, -0.15) is 0 Å². The summed E-state index contributed by atoms with van der Waals surface area (Å²) in [5.41, 5.74) is 2.27. The van der Waals surface area contributed by atoms with E-state index in [0.29, 0.717) is 5.56 Å². The molecule has 80 valence electrons. The van der Waals surface area contributed by atoms with Crippen LogP contribution >= 0.6 is 0 Å². The van der Waals surface area contributed by atoms with Crippen LogP contribution in [0.5, 0.6) is 0 Å². The van der Waals surface area contributed by atoms with Crippen LogP contribution in [0, 0.1) is 0 Å². The number of rotatable bonds is 2. The molecule has 1 heterocycles. The smallest absolute Gasteiger partial charge is 0.233 e. The van der Waals surface area contributed by atoms with E-state index in [1.807, 2.05) is 30.3 Å². The van der Waals surface area contributed by atoms with Crippen LogP contribution in [-0.4, -0.2) is 11.0 Å². The van der Waals surface area contributed by atoms with Crippen molar-refractivity contribution in [3.05, 3.63) is 54.4 Å². The number of carbonyl (C=O) groups is 1. The van der Waals surface area contributed by atoms with E-state index in [9.17, 15) is 10.0 Å². The number of ketones is 1. The molecule has 2 aromatic rings. The summed E-state index contributed by atoms with van der Waals surface area (Å²) in [5.74, 6) is -0.0689. The molecular formula is C13H12NO2+. The molecule has 0 aliphatic heterocycles. The van der Waals surface area contributed by atoms with Gasteiger partial charge in [-0.05, 0) is 18.6 Å². The van der Waals surface area contributed by atoms with Crippen molar-refractivity contribution in [1.29, 1.82) is 0 Å². The number of carbonyl (C=O) groups excluding carboxylic acids is 1. The first-order valence-electron chi connectivity index (χ1n) is 4.99. The Bertz CT molecular complexity index is 521. The lowest BCUT2D eigenvalue weighted by Crippen LogP contribution is -2.30. The second kappa shape index (κ2) is 4.14. The number of pyridine rings is 1. The SMILES string of the molecule is CC(=O)c1cc(-c2ccccc2)c[n+](O)c1. The van der Waals surface area contributed by atoms with Crippen molar-refractivity contribution in [3.63, 3.8) is 0 Å². The predicted molar refractivity (Wildman–Crippen MR) is 59.3 cm³/mol. The fraction of sp³-hybridized carbons (Fsp3) is 0.0769. The van der Waals surface area contributed by atoms with Crippen molar-refractivity contribution in [2.45, 2.75) is 6.92 Å². The molecule has 0 aliphatic rings. The summed E-state index contributed by atoms with van der Waals surface area (Å²) in [5, 5.41) is 9.47. The van der Waals surface area contributed by atoms with Crippen molar-refractivity contribution in [1.82, 2.24) is 0 Å². The lowest BCUT2D eigenvalue weighted by molar-refractivity contribution is -0.904. The zero-order valence-electron chi connectivity index (χ0n) is 8.92. The number of benzene rings is 1. The number of nitrogens with zero attached hydrogens (tertiary/aromatic N) is 1. The Morgan fingerprint density at radius 2 is 1.81 bits per heavy atom. The van der Waals surface area contributed by atoms with E-state index in [4.69, 9.17) is 0 Å². The fourth-order valence-corrected chi connectivity index (χ4v) is 1.55. The molecule has 0 bridgehead atoms. The van der Waals surface area contributed by atoms with E-state index in [1.54, 1.807) is 12.3 Å². The highest BCUT2D eigenvalue weighted by Gasteiger charge is 2.11. The van der Waals surface area contributed by atoms with Crippen LogP contribution < -0.4 is 4.73 Å². The summed E-state index contributed by atoms with van der Waals surface area (Å²) >= 11 is 0. The van der Waals surface area contributed by atoms with Gasteiger partial charge in [0.05, 0.1) is 11.1 Å². The van der Waals surface area contributed by atoms with Gasteiger partial charge in [0.1, 0.15) is 0 Å². The monoisotopic (exact) mass is 214 g/mol. The minimum absolute atomic E-state index is 0.0689. The predicted octanol–water partition coefficient (Wildman–Crippen LogP) is 2.08. The number of aromatic nitrogens is 1. The van der Waals surface area contributed by atoms with Crippen LogP contribution in [-0.2, 0) is 0 Å². The quantitative estimate of drug-likeness (QED) is 0.472. The molecule has 3 nitrogen and oxygen atoms in total. The van der Waals surface area contributed by atoms with Gasteiger partial charge in [-0.15, -0.1) is 0 Å². The Labute approximate surface area is 93.6 Å². The summed E-state index contributed by atoms with van der Waals surface area (Å²) in [6, 6.07) is 11.4. The Morgan fingerprint density at radius 3 is 2.44 bits per heavy atom. The lowest BCUT2D eigenvalue weighted by Gasteiger charge is -1.99. The largest absolute Gasteiger partial charge is 0.294 e. The van der Waals surface area contributed by atoms with Crippen molar-refractivity contribution in [2.75, 3.05) is 0 Å². The molecule has 1 N–H and O–H groups in total. The van der Waals surface area contributed by atoms with Crippen molar-refractivity contribution in [2.24, 2.45) is 0 Å². The maximum absolute atomic E-state index is 11.3. The van der Waals surface area contributed by atoms with Gasteiger partial charge in [0.25, 0.3) is 0 Å². The second-order valence-electron chi connectivity index (χ2n) is 3.62. The molecule has 16 heavy (non-hydrogen) atoms. The molecule has 2 rings (SSSR count). The highest BCUT2D eigenvalue weighted by atomic mass is 16.5. The molecule has 0 radical (unpaired) electrons. The van der Waals surface area contributed by atoms with Crippen LogP contribution in [0.25, 0.3) is 11.1 Å². The highest BCUT2D eigenvalue weighted by molar-refractivity contribution is 5.94. The number of hydrogen-bond acceptors (Lipinski definition) is 2. The third kappa shape index (κ3) is 2.08. The van der Waals surface area contributed by atoms with Gasteiger partial charge in [-0.1, -0.05) is 30.3 Å². The third-order valence-electron chi connectivity index (χ3n) is 2.37. The first-order valence-corrected chi connectivity index (χ1v) is 4.99. The van der Waals surface area contributed by atoms with Gasteiger partial charge < -0.3 is 0 Å². The lowest BCUT2D eigenvalue weighted by atomic mass is 10.1. The zero-order chi connectivity index (χ0) is 11.5. The molecule has 0 spiro atoms. The average Bonchev–Trinajstić information content (AvgIpc) is 2.29. The van der Waals surface area contributed by atoms with E-state index < -0.39 is 0 Å². The molecule has 0 saturated heterocycles. The Balaban J connectivity index is 2.54. The Morgan fingerprint density at radius 1 is 1.12 bits per heavy atom. The summed E-state index contributed by atoms with van der Waals surface area (Å²) < 4.78 is 0.916. The van der Waals surface area contributed by atoms with Crippen molar-refractivity contribution in [3.8, 4) is 11.1 Å². The Kier molecular flexibility index (Phi) is 2.68. The summed E-state index contributed by atoms with van der Waals surface area (Å²) in [6.07, 6.45) is 2.97. The molecule has 0 atom stereocenters. The van der Waals surface area contributed by atoms with E-state index >= 15 is 0 Å². The van der Waals surface area contributed by atoms with Crippen molar-refractivity contribution < 1.29 is 14.7 Å². The second-order valence-corrected chi connectivity index (χ2v) is 3.62. The van der Waals surface area contributed by atoms with Crippen molar-refractivity contribution >= 4 is 5.78 Å². The molecule has 0 saturated carbocycles. The maximum atomic E-state index is 11.3. The first kappa shape index (κ1) is 10.4. The topological polar surface area (TPSA) is 41.2 Å². The minimum atomic E-state index is -0.0689. The summed E-state index contributed by atoms with van der Waals surface area (Å²) in [4.78, 5) is 11.3. The molecule has 1 aromatic carbocycles. The zero-order valence-corrected chi connectivity index (χ0v) is 8.92. The average molecular weight is 214 g/mol. The van der Waals surface area contributed by atoms with Crippen LogP contribution in [0.2, 0.25) is 0 Å². The molecule has 0 amide bonds. The standard InChI is InChI=1S/C13H12NO2/c1-10(15)12-7-13(9-14(16)8-12)11-5-3-2-4-6-11/h2-9,16H,1H3/q+1. The van der Waals surface area contributed by atoms with E-state index in [1.165, 1.54) is 13.1 Å². The fourth-order valence-electron chi connectivity index (χ4n) is 1.55. The van der Waals surface area contributed by atoms with E-state index in [2.05, 4.69) is 0 Å². The maximum Gasteiger partial charge on any atom is 0.233 e. The van der Waals surface area contributed by atoms with Gasteiger partial charge in [0.15, 0.2) is 5.78 Å². The molecule has 3 heteroatoms. The minimum Gasteiger partial charge on any atom is -0.294 e. The summed E-state index contributed by atoms with van der Waals surface area (Å²) in [6.45, 7) is 1.48. The molecule has 0 fully saturated rings. The normalized spacial score (nSPS) is 10.1. The summed E-state index contributed by atoms with van der Waals surface area (Å²) in [7, 11) is 0. The molecule has 1 aromatic heterocycles. The molecule has 0 unspecified atom stereocenters. The van der Waals surface area contributed by atoms with Gasteiger partial charge in [0.2, 0.25) is 12.4 Å². The van der Waals surface area contributed by atoms with E-state index in [-0.39, 0.29) is 5.78 Å². The van der Waals surface area contributed by atoms with Gasteiger partial charge in [0, 0.05) is 4.73 Å². The third-order valence-corrected chi connectivity index (χ3v) is 2.37. The van der Waals surface area contributed by atoms with Crippen LogP contribution in [0.4, 0.5) is 0 Å². The molecular weight excluding hydrogens is 202 g/mol. The van der Waals surface area contributed by atoms with Crippen LogP contribution in [0.15, 0.2) is 48.8 Å². The highest BCUT2D eigenvalue weighted by Crippen LogP contribution is 2.18. The van der Waals surface area contributed by atoms with Gasteiger partial charge >= 0.3 is 0 Å². The number of hydrogen-bond donors (Lipinski definition) is 1. The van der Waals surface area contributed by atoms with Gasteiger partial charge in [-0.25, -0.2) is 0 Å².